The van der Waals surface area contributed by atoms with Crippen LogP contribution < -0.4 is 5.43 Å². The van der Waals surface area contributed by atoms with Crippen LogP contribution in [0.25, 0.3) is 0 Å². The molecule has 1 heterocycles. The highest BCUT2D eigenvalue weighted by Gasteiger charge is 2.31. The molecule has 150 valence electrons. The lowest BCUT2D eigenvalue weighted by Crippen LogP contribution is -2.51. The van der Waals surface area contributed by atoms with Crippen LogP contribution in [-0.2, 0) is 14.8 Å². The molecule has 1 aromatic heterocycles. The Balaban J connectivity index is 2.36. The van der Waals surface area contributed by atoms with Gasteiger partial charge in [0, 0.05) is 0 Å². The van der Waals surface area contributed by atoms with Crippen LogP contribution in [0, 0.1) is 18.8 Å². The summed E-state index contributed by atoms with van der Waals surface area (Å²) >= 11 is 1.45. The van der Waals surface area contributed by atoms with Gasteiger partial charge in [-0.05, 0) is 58.2 Å². The molecule has 1 amide bonds. The highest BCUT2D eigenvalue weighted by Crippen LogP contribution is 2.18. The third-order valence-electron chi connectivity index (χ3n) is 3.46. The highest BCUT2D eigenvalue weighted by atomic mass is 32.2. The van der Waals surface area contributed by atoms with Gasteiger partial charge in [-0.1, -0.05) is 40.0 Å². The molecule has 0 aliphatic rings. The highest BCUT2D eigenvalue weighted by molar-refractivity contribution is 7.89. The van der Waals surface area contributed by atoms with E-state index in [4.69, 9.17) is 4.74 Å². The van der Waals surface area contributed by atoms with Crippen LogP contribution in [0.3, 0.4) is 0 Å². The number of ether oxygens (including phenoxy) is 1. The number of carbonyl (C=O) groups is 1. The number of nitrogens with one attached hydrogen (secondary N) is 1. The van der Waals surface area contributed by atoms with Crippen molar-refractivity contribution in [2.24, 2.45) is 0 Å². The largest absolute Gasteiger partial charge is 0.443 e. The average Bonchev–Trinajstić information content (AvgIpc) is 3.10. The van der Waals surface area contributed by atoms with E-state index in [0.717, 1.165) is 14.9 Å². The van der Waals surface area contributed by atoms with Crippen molar-refractivity contribution in [3.05, 3.63) is 52.2 Å². The van der Waals surface area contributed by atoms with Crippen molar-refractivity contribution in [3.63, 3.8) is 0 Å². The van der Waals surface area contributed by atoms with E-state index >= 15 is 0 Å². The van der Waals surface area contributed by atoms with Crippen LogP contribution in [0.5, 0.6) is 0 Å². The number of benzene rings is 1. The van der Waals surface area contributed by atoms with Gasteiger partial charge in [0.05, 0.1) is 9.77 Å². The summed E-state index contributed by atoms with van der Waals surface area (Å²) in [5.74, 6) is 5.81. The zero-order valence-electron chi connectivity index (χ0n) is 16.5. The lowest BCUT2D eigenvalue weighted by atomic mass is 10.2. The van der Waals surface area contributed by atoms with Crippen LogP contribution in [-0.4, -0.2) is 30.6 Å². The Bertz CT molecular complexity index is 964. The van der Waals surface area contributed by atoms with Crippen LogP contribution in [0.15, 0.2) is 46.7 Å². The van der Waals surface area contributed by atoms with Gasteiger partial charge in [-0.25, -0.2) is 18.6 Å². The fourth-order valence-corrected chi connectivity index (χ4v) is 4.11. The maximum atomic E-state index is 13.1. The minimum absolute atomic E-state index is 0.0546. The molecule has 0 spiro atoms. The Morgan fingerprint density at radius 2 is 1.86 bits per heavy atom. The summed E-state index contributed by atoms with van der Waals surface area (Å²) in [5.41, 5.74) is 2.50. The van der Waals surface area contributed by atoms with Gasteiger partial charge >= 0.3 is 6.09 Å². The molecule has 6 nitrogen and oxygen atoms in total. The van der Waals surface area contributed by atoms with Gasteiger partial charge in [0.15, 0.2) is 0 Å². The molecule has 2 aromatic rings. The lowest BCUT2D eigenvalue weighted by Gasteiger charge is -2.27. The molecule has 2 rings (SSSR count). The van der Waals surface area contributed by atoms with Crippen molar-refractivity contribution >= 4 is 27.5 Å². The summed E-state index contributed by atoms with van der Waals surface area (Å²) in [6, 6.07) is 9.26. The van der Waals surface area contributed by atoms with Crippen molar-refractivity contribution < 1.29 is 17.9 Å². The van der Waals surface area contributed by atoms with Crippen molar-refractivity contribution in [2.45, 2.75) is 51.2 Å². The number of rotatable bonds is 4. The third-order valence-corrected chi connectivity index (χ3v) is 6.03. The average molecular weight is 421 g/mol. The van der Waals surface area contributed by atoms with Gasteiger partial charge in [-0.15, -0.1) is 11.3 Å². The second-order valence-corrected chi connectivity index (χ2v) is 9.91. The van der Waals surface area contributed by atoms with Gasteiger partial charge in [-0.3, -0.25) is 0 Å². The SMILES string of the molecule is Cc1ccc(S(=O)(=O)N(NC(=O)OC(C)(C)C)C(C)C#Cc2cccs2)cc1. The van der Waals surface area contributed by atoms with Crippen LogP contribution in [0.1, 0.15) is 38.1 Å². The standard InChI is InChI=1S/C20H24N2O4S2/c1-15-8-12-18(13-9-15)28(24,25)22(21-19(23)26-20(3,4)5)16(2)10-11-17-7-6-14-27-17/h6-9,12-14,16H,1-5H3,(H,21,23). The number of carbonyl (C=O) groups excluding carboxylic acids is 1. The Morgan fingerprint density at radius 1 is 1.21 bits per heavy atom. The zero-order chi connectivity index (χ0) is 20.9. The van der Waals surface area contributed by atoms with Crippen molar-refractivity contribution in [3.8, 4) is 11.8 Å². The molecule has 0 aliphatic carbocycles. The molecule has 0 bridgehead atoms. The monoisotopic (exact) mass is 420 g/mol. The second-order valence-electron chi connectivity index (χ2n) is 7.15. The Labute approximate surface area is 170 Å². The van der Waals surface area contributed by atoms with E-state index in [1.165, 1.54) is 23.5 Å². The fourth-order valence-electron chi connectivity index (χ4n) is 2.16. The van der Waals surface area contributed by atoms with Crippen molar-refractivity contribution in [1.29, 1.82) is 0 Å². The van der Waals surface area contributed by atoms with Gasteiger partial charge in [0.25, 0.3) is 10.0 Å². The van der Waals surface area contributed by atoms with Gasteiger partial charge in [0.1, 0.15) is 11.6 Å². The minimum Gasteiger partial charge on any atom is -0.443 e. The summed E-state index contributed by atoms with van der Waals surface area (Å²) in [5, 5.41) is 1.88. The molecule has 0 fully saturated rings. The lowest BCUT2D eigenvalue weighted by molar-refractivity contribution is 0.0415. The van der Waals surface area contributed by atoms with Crippen LogP contribution >= 0.6 is 11.3 Å². The smallest absolute Gasteiger partial charge is 0.423 e. The molecule has 1 unspecified atom stereocenters. The number of hydrazine groups is 1. The first-order valence-corrected chi connectivity index (χ1v) is 11.0. The van der Waals surface area contributed by atoms with E-state index in [1.807, 2.05) is 24.4 Å². The first-order chi connectivity index (χ1) is 13.0. The Kier molecular flexibility index (Phi) is 6.88. The molecule has 28 heavy (non-hydrogen) atoms. The number of thiophene rings is 1. The number of sulfonamides is 1. The molecule has 8 heteroatoms. The van der Waals surface area contributed by atoms with Gasteiger partial charge < -0.3 is 4.74 Å². The number of amides is 1. The Hall–Kier alpha value is -2.34. The first-order valence-electron chi connectivity index (χ1n) is 8.65. The molecular weight excluding hydrogens is 396 g/mol. The van der Waals surface area contributed by atoms with E-state index in [9.17, 15) is 13.2 Å². The summed E-state index contributed by atoms with van der Waals surface area (Å²) < 4.78 is 32.3. The topological polar surface area (TPSA) is 75.7 Å². The number of aryl methyl sites for hydroxylation is 1. The number of nitrogens with zero attached hydrogens (tertiary/aromatic N) is 1. The van der Waals surface area contributed by atoms with Gasteiger partial charge in [0.2, 0.25) is 0 Å². The van der Waals surface area contributed by atoms with Gasteiger partial charge in [-0.2, -0.15) is 0 Å². The fraction of sp³-hybridized carbons (Fsp3) is 0.350. The predicted octanol–water partition coefficient (Wildman–Crippen LogP) is 3.93. The normalized spacial score (nSPS) is 12.8. The van der Waals surface area contributed by atoms with Crippen LogP contribution in [0.4, 0.5) is 4.79 Å². The third kappa shape index (κ3) is 6.09. The molecule has 0 aliphatic heterocycles. The molecule has 0 saturated heterocycles. The van der Waals surface area contributed by atoms with Crippen molar-refractivity contribution in [1.82, 2.24) is 9.84 Å². The zero-order valence-corrected chi connectivity index (χ0v) is 18.1. The summed E-state index contributed by atoms with van der Waals surface area (Å²) in [6.45, 7) is 8.56. The summed E-state index contributed by atoms with van der Waals surface area (Å²) in [7, 11) is -4.04. The Morgan fingerprint density at radius 3 is 2.39 bits per heavy atom. The van der Waals surface area contributed by atoms with E-state index in [1.54, 1.807) is 39.8 Å². The van der Waals surface area contributed by atoms with E-state index in [2.05, 4.69) is 17.3 Å². The van der Waals surface area contributed by atoms with E-state index in [0.29, 0.717) is 0 Å². The predicted molar refractivity (Wildman–Crippen MR) is 110 cm³/mol. The second kappa shape index (κ2) is 8.78. The summed E-state index contributed by atoms with van der Waals surface area (Å²) in [4.78, 5) is 13.1. The van der Waals surface area contributed by atoms with Crippen LogP contribution in [0.2, 0.25) is 0 Å². The molecule has 1 aromatic carbocycles. The molecule has 1 N–H and O–H groups in total. The maximum Gasteiger partial charge on any atom is 0.423 e. The molecule has 1 atom stereocenters. The molecular formula is C20H24N2O4S2. The minimum atomic E-state index is -4.04. The maximum absolute atomic E-state index is 13.1. The number of hydrogen-bond acceptors (Lipinski definition) is 5. The quantitative estimate of drug-likeness (QED) is 0.601. The molecule has 0 saturated carbocycles. The van der Waals surface area contributed by atoms with E-state index < -0.39 is 27.8 Å². The first kappa shape index (κ1) is 22.0. The summed E-state index contributed by atoms with van der Waals surface area (Å²) in [6.07, 6.45) is -0.868. The molecule has 0 radical (unpaired) electrons. The van der Waals surface area contributed by atoms with Crippen molar-refractivity contribution in [2.75, 3.05) is 0 Å². The van der Waals surface area contributed by atoms with E-state index in [-0.39, 0.29) is 4.90 Å². The number of hydrogen-bond donors (Lipinski definition) is 1.